The highest BCUT2D eigenvalue weighted by atomic mass is 35.5. The Morgan fingerprint density at radius 3 is 2.47 bits per heavy atom. The fourth-order valence-electron chi connectivity index (χ4n) is 2.39. The van der Waals surface area contributed by atoms with Gasteiger partial charge in [0.15, 0.2) is 16.4 Å². The van der Waals surface area contributed by atoms with E-state index >= 15 is 0 Å². The average Bonchev–Trinajstić information content (AvgIpc) is 2.72. The maximum absolute atomic E-state index is 12.2. The molecule has 0 fully saturated rings. The van der Waals surface area contributed by atoms with E-state index in [4.69, 9.17) is 16.3 Å². The van der Waals surface area contributed by atoms with Crippen LogP contribution in [0.15, 0.2) is 53.4 Å². The van der Waals surface area contributed by atoms with Crippen LogP contribution in [0.3, 0.4) is 0 Å². The third kappa shape index (κ3) is 7.92. The predicted octanol–water partition coefficient (Wildman–Crippen LogP) is 2.56. The Morgan fingerprint density at radius 1 is 1.07 bits per heavy atom. The molecule has 0 bridgehead atoms. The van der Waals surface area contributed by atoms with E-state index in [-0.39, 0.29) is 24.0 Å². The lowest BCUT2D eigenvalue weighted by Gasteiger charge is -2.09. The molecule has 0 atom stereocenters. The first-order valence-corrected chi connectivity index (χ1v) is 11.2. The van der Waals surface area contributed by atoms with Crippen molar-refractivity contribution >= 4 is 33.4 Å². The Bertz CT molecular complexity index is 964. The molecule has 0 spiro atoms. The van der Waals surface area contributed by atoms with Crippen LogP contribution in [0.1, 0.15) is 12.5 Å². The largest absolute Gasteiger partial charge is 0.484 e. The van der Waals surface area contributed by atoms with Gasteiger partial charge in [-0.05, 0) is 49.2 Å². The average molecular weight is 455 g/mol. The highest BCUT2D eigenvalue weighted by Crippen LogP contribution is 2.17. The molecule has 0 aliphatic rings. The van der Waals surface area contributed by atoms with Gasteiger partial charge in [-0.2, -0.15) is 0 Å². The molecule has 0 aliphatic carbocycles. The molecule has 8 nitrogen and oxygen atoms in total. The van der Waals surface area contributed by atoms with Crippen LogP contribution in [-0.2, 0) is 25.8 Å². The van der Waals surface area contributed by atoms with Crippen molar-refractivity contribution in [1.29, 1.82) is 0 Å². The Morgan fingerprint density at radius 2 is 1.80 bits per heavy atom. The van der Waals surface area contributed by atoms with Crippen LogP contribution in [0.5, 0.6) is 5.75 Å². The van der Waals surface area contributed by atoms with E-state index in [1.807, 2.05) is 0 Å². The Kier molecular flexibility index (Phi) is 8.94. The summed E-state index contributed by atoms with van der Waals surface area (Å²) in [5.41, 5.74) is 0.850. The van der Waals surface area contributed by atoms with Crippen LogP contribution in [0.4, 0.5) is 4.79 Å². The molecule has 10 heteroatoms. The van der Waals surface area contributed by atoms with Crippen molar-refractivity contribution in [3.63, 3.8) is 0 Å². The summed E-state index contributed by atoms with van der Waals surface area (Å²) in [4.78, 5) is 23.2. The first-order valence-electron chi connectivity index (χ1n) is 9.17. The molecule has 162 valence electrons. The summed E-state index contributed by atoms with van der Waals surface area (Å²) in [7, 11) is -3.67. The first-order chi connectivity index (χ1) is 14.3. The number of alkyl carbamates (subject to hydrolysis) is 1. The zero-order valence-electron chi connectivity index (χ0n) is 16.4. The number of amides is 2. The van der Waals surface area contributed by atoms with Gasteiger partial charge in [-0.1, -0.05) is 29.8 Å². The summed E-state index contributed by atoms with van der Waals surface area (Å²) in [6.07, 6.45) is -0.266. The molecule has 2 aromatic carbocycles. The molecule has 0 saturated heterocycles. The molecule has 2 amide bonds. The topological polar surface area (TPSA) is 111 Å². The van der Waals surface area contributed by atoms with Crippen LogP contribution in [0.25, 0.3) is 0 Å². The summed E-state index contributed by atoms with van der Waals surface area (Å²) < 4.78 is 34.4. The number of halogens is 1. The maximum atomic E-state index is 12.2. The molecular weight excluding hydrogens is 432 g/mol. The fraction of sp³-hybridized carbons (Fsp3) is 0.300. The summed E-state index contributed by atoms with van der Waals surface area (Å²) in [6.45, 7) is 2.02. The van der Waals surface area contributed by atoms with Crippen molar-refractivity contribution < 1.29 is 27.5 Å². The van der Waals surface area contributed by atoms with E-state index in [9.17, 15) is 18.0 Å². The summed E-state index contributed by atoms with van der Waals surface area (Å²) in [5.74, 6) is -0.320. The third-order valence-corrected chi connectivity index (χ3v) is 5.62. The van der Waals surface area contributed by atoms with E-state index < -0.39 is 21.8 Å². The van der Waals surface area contributed by atoms with Crippen LogP contribution in [0.2, 0.25) is 5.02 Å². The smallest absolute Gasteiger partial charge is 0.407 e. The number of hydrogen-bond donors (Lipinski definition) is 2. The zero-order chi connectivity index (χ0) is 22.0. The van der Waals surface area contributed by atoms with Crippen molar-refractivity contribution in [3.05, 3.63) is 59.1 Å². The second-order valence-electron chi connectivity index (χ2n) is 6.15. The Hall–Kier alpha value is -2.78. The number of ether oxygens (including phenoxy) is 2. The van der Waals surface area contributed by atoms with Crippen molar-refractivity contribution in [1.82, 2.24) is 10.6 Å². The molecule has 0 aliphatic heterocycles. The molecular formula is C20H23ClN2O6S. The zero-order valence-corrected chi connectivity index (χ0v) is 18.0. The molecule has 0 unspecified atom stereocenters. The van der Waals surface area contributed by atoms with Gasteiger partial charge in [0.2, 0.25) is 0 Å². The van der Waals surface area contributed by atoms with Gasteiger partial charge in [0.1, 0.15) is 11.6 Å². The summed E-state index contributed by atoms with van der Waals surface area (Å²) in [6, 6.07) is 13.0. The minimum Gasteiger partial charge on any atom is -0.484 e. The highest BCUT2D eigenvalue weighted by Gasteiger charge is 2.16. The lowest BCUT2D eigenvalue weighted by molar-refractivity contribution is -0.123. The molecule has 0 saturated carbocycles. The highest BCUT2D eigenvalue weighted by molar-refractivity contribution is 7.91. The minimum absolute atomic E-state index is 0.0852. The van der Waals surface area contributed by atoms with Gasteiger partial charge in [0.05, 0.1) is 11.5 Å². The first kappa shape index (κ1) is 23.5. The molecule has 0 aromatic heterocycles. The minimum atomic E-state index is -3.67. The van der Waals surface area contributed by atoms with E-state index in [2.05, 4.69) is 15.4 Å². The number of carbonyl (C=O) groups is 2. The molecule has 0 heterocycles. The summed E-state index contributed by atoms with van der Waals surface area (Å²) in [5, 5.41) is 5.45. The normalized spacial score (nSPS) is 10.9. The molecule has 0 radical (unpaired) electrons. The SMILES string of the molecule is CCOC(=O)NCS(=O)(=O)c1ccc(CCNC(=O)COc2cccc(Cl)c2)cc1. The number of sulfone groups is 1. The number of benzene rings is 2. The predicted molar refractivity (Wildman–Crippen MR) is 112 cm³/mol. The van der Waals surface area contributed by atoms with Gasteiger partial charge in [0, 0.05) is 11.6 Å². The standard InChI is InChI=1S/C20H23ClN2O6S/c1-2-28-20(25)23-14-30(26,27)18-8-6-15(7-9-18)10-11-22-19(24)13-29-17-5-3-4-16(21)12-17/h3-9,12H,2,10-11,13-14H2,1H3,(H,22,24)(H,23,25). The summed E-state index contributed by atoms with van der Waals surface area (Å²) >= 11 is 5.85. The van der Waals surface area contributed by atoms with Crippen molar-refractivity contribution in [2.45, 2.75) is 18.2 Å². The molecule has 30 heavy (non-hydrogen) atoms. The van der Waals surface area contributed by atoms with Crippen LogP contribution in [-0.4, -0.2) is 46.1 Å². The number of carbonyl (C=O) groups excluding carboxylic acids is 2. The third-order valence-electron chi connectivity index (χ3n) is 3.87. The van der Waals surface area contributed by atoms with Crippen molar-refractivity contribution in [2.75, 3.05) is 25.6 Å². The maximum Gasteiger partial charge on any atom is 0.407 e. The van der Waals surface area contributed by atoms with Crippen LogP contribution in [0, 0.1) is 0 Å². The van der Waals surface area contributed by atoms with Crippen molar-refractivity contribution in [2.24, 2.45) is 0 Å². The lowest BCUT2D eigenvalue weighted by atomic mass is 10.1. The number of rotatable bonds is 10. The Balaban J connectivity index is 1.76. The van der Waals surface area contributed by atoms with Gasteiger partial charge < -0.3 is 20.1 Å². The second kappa shape index (κ2) is 11.4. The fourth-order valence-corrected chi connectivity index (χ4v) is 3.59. The Labute approximate surface area is 180 Å². The van der Waals surface area contributed by atoms with Gasteiger partial charge in [-0.3, -0.25) is 4.79 Å². The van der Waals surface area contributed by atoms with E-state index in [1.54, 1.807) is 43.3 Å². The van der Waals surface area contributed by atoms with Gasteiger partial charge in [-0.25, -0.2) is 13.2 Å². The van der Waals surface area contributed by atoms with Crippen molar-refractivity contribution in [3.8, 4) is 5.75 Å². The second-order valence-corrected chi connectivity index (χ2v) is 8.57. The van der Waals surface area contributed by atoms with Gasteiger partial charge in [-0.15, -0.1) is 0 Å². The molecule has 2 aromatic rings. The van der Waals surface area contributed by atoms with Gasteiger partial charge >= 0.3 is 6.09 Å². The van der Waals surface area contributed by atoms with Crippen LogP contribution >= 0.6 is 11.6 Å². The van der Waals surface area contributed by atoms with Gasteiger partial charge in [0.25, 0.3) is 5.91 Å². The molecule has 2 N–H and O–H groups in total. The number of nitrogens with one attached hydrogen (secondary N) is 2. The monoisotopic (exact) mass is 454 g/mol. The molecule has 2 rings (SSSR count). The quantitative estimate of drug-likeness (QED) is 0.570. The number of hydrogen-bond acceptors (Lipinski definition) is 6. The van der Waals surface area contributed by atoms with E-state index in [1.165, 1.54) is 12.1 Å². The van der Waals surface area contributed by atoms with E-state index in [0.29, 0.717) is 23.7 Å². The lowest BCUT2D eigenvalue weighted by Crippen LogP contribution is -2.30. The van der Waals surface area contributed by atoms with E-state index in [0.717, 1.165) is 5.56 Å². The van der Waals surface area contributed by atoms with Crippen LogP contribution < -0.4 is 15.4 Å².